The topological polar surface area (TPSA) is 119 Å². The second kappa shape index (κ2) is 8.43. The van der Waals surface area contributed by atoms with Crippen LogP contribution in [-0.4, -0.2) is 47.7 Å². The molecule has 3 heterocycles. The summed E-state index contributed by atoms with van der Waals surface area (Å²) in [6.07, 6.45) is 2.58. The molecule has 8 nitrogen and oxygen atoms in total. The van der Waals surface area contributed by atoms with Gasteiger partial charge in [0.15, 0.2) is 5.13 Å². The Balaban J connectivity index is 0.00000225. The average Bonchev–Trinajstić information content (AvgIpc) is 3.32. The maximum absolute atomic E-state index is 12.2. The summed E-state index contributed by atoms with van der Waals surface area (Å²) in [5.41, 5.74) is 7.30. The summed E-state index contributed by atoms with van der Waals surface area (Å²) in [5, 5.41) is 5.05. The number of nitrogens with zero attached hydrogens (tertiary/aromatic N) is 1. The molecule has 0 aliphatic carbocycles. The number of carbonyl (C=O) groups excluding carboxylic acids is 2. The van der Waals surface area contributed by atoms with Gasteiger partial charge in [-0.15, -0.1) is 23.7 Å². The number of H-pyrrole nitrogens is 1. The number of thiazole rings is 1. The molecule has 4 N–H and O–H groups in total. The SMILES string of the molecule is COC(=O)c1cc(-c2csc(NC(=O)[C@@H]3CC[C@H](CN)O3)n2)c[nH]1.Cl. The molecule has 2 atom stereocenters. The lowest BCUT2D eigenvalue weighted by atomic mass is 10.2. The van der Waals surface area contributed by atoms with Crippen molar-refractivity contribution in [1.29, 1.82) is 0 Å². The summed E-state index contributed by atoms with van der Waals surface area (Å²) in [7, 11) is 1.32. The fraction of sp³-hybridized carbons (Fsp3) is 0.400. The first kappa shape index (κ1) is 19.4. The van der Waals surface area contributed by atoms with Crippen molar-refractivity contribution in [2.45, 2.75) is 25.0 Å². The molecule has 2 aromatic rings. The standard InChI is InChI=1S/C15H18N4O4S.ClH/c1-22-14(21)10-4-8(6-17-10)11-7-24-15(18-11)19-13(20)12-3-2-9(5-16)23-12;/h4,6-7,9,12,17H,2-3,5,16H2,1H3,(H,18,19,20);1H/t9-,12+;/m1./s1. The van der Waals surface area contributed by atoms with Crippen molar-refractivity contribution in [3.63, 3.8) is 0 Å². The van der Waals surface area contributed by atoms with Crippen molar-refractivity contribution < 1.29 is 19.1 Å². The molecule has 3 rings (SSSR count). The highest BCUT2D eigenvalue weighted by Gasteiger charge is 2.30. The highest BCUT2D eigenvalue weighted by molar-refractivity contribution is 7.14. The van der Waals surface area contributed by atoms with Crippen LogP contribution in [0.5, 0.6) is 0 Å². The molecule has 0 aromatic carbocycles. The average molecular weight is 387 g/mol. The van der Waals surface area contributed by atoms with E-state index in [0.29, 0.717) is 29.5 Å². The number of amides is 1. The number of esters is 1. The monoisotopic (exact) mass is 386 g/mol. The third-order valence-electron chi connectivity index (χ3n) is 3.78. The first-order chi connectivity index (χ1) is 11.6. The van der Waals surface area contributed by atoms with Gasteiger partial charge < -0.3 is 20.2 Å². The zero-order valence-corrected chi connectivity index (χ0v) is 15.1. The Kier molecular flexibility index (Phi) is 6.54. The highest BCUT2D eigenvalue weighted by Crippen LogP contribution is 2.27. The Morgan fingerprint density at radius 2 is 2.32 bits per heavy atom. The number of halogens is 1. The van der Waals surface area contributed by atoms with Crippen LogP contribution in [0.3, 0.4) is 0 Å². The van der Waals surface area contributed by atoms with E-state index in [9.17, 15) is 9.59 Å². The van der Waals surface area contributed by atoms with Gasteiger partial charge in [-0.1, -0.05) is 0 Å². The minimum Gasteiger partial charge on any atom is -0.464 e. The van der Waals surface area contributed by atoms with Gasteiger partial charge in [-0.05, 0) is 18.9 Å². The summed E-state index contributed by atoms with van der Waals surface area (Å²) < 4.78 is 10.2. The van der Waals surface area contributed by atoms with Crippen LogP contribution in [0.2, 0.25) is 0 Å². The number of hydrogen-bond acceptors (Lipinski definition) is 7. The largest absolute Gasteiger partial charge is 0.464 e. The zero-order chi connectivity index (χ0) is 17.1. The fourth-order valence-electron chi connectivity index (χ4n) is 2.49. The van der Waals surface area contributed by atoms with E-state index in [1.165, 1.54) is 18.4 Å². The number of rotatable bonds is 5. The van der Waals surface area contributed by atoms with Crippen LogP contribution >= 0.6 is 23.7 Å². The van der Waals surface area contributed by atoms with E-state index in [-0.39, 0.29) is 24.4 Å². The highest BCUT2D eigenvalue weighted by atomic mass is 35.5. The Labute approximate surface area is 154 Å². The van der Waals surface area contributed by atoms with Crippen molar-refractivity contribution >= 4 is 40.8 Å². The Morgan fingerprint density at radius 3 is 3.00 bits per heavy atom. The summed E-state index contributed by atoms with van der Waals surface area (Å²) >= 11 is 1.31. The van der Waals surface area contributed by atoms with Crippen molar-refractivity contribution in [2.24, 2.45) is 5.73 Å². The van der Waals surface area contributed by atoms with E-state index in [4.69, 9.17) is 10.5 Å². The number of anilines is 1. The van der Waals surface area contributed by atoms with E-state index < -0.39 is 12.1 Å². The summed E-state index contributed by atoms with van der Waals surface area (Å²) in [5.74, 6) is -0.658. The lowest BCUT2D eigenvalue weighted by Gasteiger charge is -2.11. The second-order valence-corrected chi connectivity index (χ2v) is 6.24. The summed E-state index contributed by atoms with van der Waals surface area (Å²) in [6, 6.07) is 1.65. The third-order valence-corrected chi connectivity index (χ3v) is 4.54. The molecule has 0 saturated carbocycles. The Morgan fingerprint density at radius 1 is 1.52 bits per heavy atom. The molecule has 0 unspecified atom stereocenters. The van der Waals surface area contributed by atoms with E-state index in [2.05, 4.69) is 20.0 Å². The lowest BCUT2D eigenvalue weighted by molar-refractivity contribution is -0.126. The van der Waals surface area contributed by atoms with Gasteiger partial charge in [-0.2, -0.15) is 0 Å². The quantitative estimate of drug-likeness (QED) is 0.674. The maximum Gasteiger partial charge on any atom is 0.354 e. The van der Waals surface area contributed by atoms with Crippen LogP contribution in [0.15, 0.2) is 17.6 Å². The van der Waals surface area contributed by atoms with Gasteiger partial charge in [-0.3, -0.25) is 10.1 Å². The van der Waals surface area contributed by atoms with E-state index in [0.717, 1.165) is 12.0 Å². The predicted octanol–water partition coefficient (Wildman–Crippen LogP) is 1.79. The number of nitrogens with two attached hydrogens (primary N) is 1. The van der Waals surface area contributed by atoms with Crippen molar-refractivity contribution in [1.82, 2.24) is 9.97 Å². The molecule has 0 radical (unpaired) electrons. The molecule has 10 heteroatoms. The van der Waals surface area contributed by atoms with Crippen LogP contribution in [-0.2, 0) is 14.3 Å². The van der Waals surface area contributed by atoms with Crippen LogP contribution < -0.4 is 11.1 Å². The molecule has 1 amide bonds. The normalized spacial score (nSPS) is 19.3. The van der Waals surface area contributed by atoms with Gasteiger partial charge in [0.1, 0.15) is 11.8 Å². The molecule has 1 saturated heterocycles. The third kappa shape index (κ3) is 4.37. The van der Waals surface area contributed by atoms with Crippen LogP contribution in [0.25, 0.3) is 11.3 Å². The minimum absolute atomic E-state index is 0. The molecule has 136 valence electrons. The summed E-state index contributed by atoms with van der Waals surface area (Å²) in [6.45, 7) is 0.418. The first-order valence-corrected chi connectivity index (χ1v) is 8.37. The number of methoxy groups -OCH3 is 1. The van der Waals surface area contributed by atoms with Gasteiger partial charge in [0.05, 0.1) is 18.9 Å². The molecular formula is C15H19ClN4O4S. The Hall–Kier alpha value is -1.94. The van der Waals surface area contributed by atoms with E-state index in [1.54, 1.807) is 17.6 Å². The number of aromatic nitrogens is 2. The van der Waals surface area contributed by atoms with Crippen LogP contribution in [0.1, 0.15) is 23.3 Å². The zero-order valence-electron chi connectivity index (χ0n) is 13.5. The number of ether oxygens (including phenoxy) is 2. The molecule has 1 fully saturated rings. The van der Waals surface area contributed by atoms with Gasteiger partial charge in [0.2, 0.25) is 0 Å². The first-order valence-electron chi connectivity index (χ1n) is 7.49. The molecule has 0 bridgehead atoms. The number of nitrogens with one attached hydrogen (secondary N) is 2. The molecule has 25 heavy (non-hydrogen) atoms. The number of carbonyl (C=O) groups is 2. The fourth-order valence-corrected chi connectivity index (χ4v) is 3.21. The lowest BCUT2D eigenvalue weighted by Crippen LogP contribution is -2.29. The van der Waals surface area contributed by atoms with Gasteiger partial charge in [0, 0.05) is 23.7 Å². The van der Waals surface area contributed by atoms with Gasteiger partial charge in [-0.25, -0.2) is 9.78 Å². The maximum atomic E-state index is 12.2. The minimum atomic E-state index is -0.482. The van der Waals surface area contributed by atoms with Crippen LogP contribution in [0.4, 0.5) is 5.13 Å². The summed E-state index contributed by atoms with van der Waals surface area (Å²) in [4.78, 5) is 30.8. The molecule has 0 spiro atoms. The van der Waals surface area contributed by atoms with Crippen molar-refractivity contribution in [3.8, 4) is 11.3 Å². The predicted molar refractivity (Wildman–Crippen MR) is 96.1 cm³/mol. The molecular weight excluding hydrogens is 368 g/mol. The molecule has 2 aromatic heterocycles. The van der Waals surface area contributed by atoms with E-state index >= 15 is 0 Å². The van der Waals surface area contributed by atoms with Crippen molar-refractivity contribution in [3.05, 3.63) is 23.3 Å². The van der Waals surface area contributed by atoms with E-state index in [1.807, 2.05) is 0 Å². The molecule has 1 aliphatic heterocycles. The van der Waals surface area contributed by atoms with Crippen LogP contribution in [0, 0.1) is 0 Å². The molecule has 1 aliphatic rings. The van der Waals surface area contributed by atoms with Gasteiger partial charge in [0.25, 0.3) is 5.91 Å². The number of hydrogen-bond donors (Lipinski definition) is 3. The van der Waals surface area contributed by atoms with Crippen molar-refractivity contribution in [2.75, 3.05) is 19.0 Å². The smallest absolute Gasteiger partial charge is 0.354 e. The van der Waals surface area contributed by atoms with Gasteiger partial charge >= 0.3 is 5.97 Å². The Bertz CT molecular complexity index is 747. The second-order valence-electron chi connectivity index (χ2n) is 5.38. The number of aromatic amines is 1.